The van der Waals surface area contributed by atoms with Crippen molar-refractivity contribution in [2.24, 2.45) is 0 Å². The van der Waals surface area contributed by atoms with Crippen molar-refractivity contribution in [1.82, 2.24) is 0 Å². The summed E-state index contributed by atoms with van der Waals surface area (Å²) in [6.45, 7) is 10.7. The van der Waals surface area contributed by atoms with Gasteiger partial charge in [-0.1, -0.05) is 18.5 Å². The quantitative estimate of drug-likeness (QED) is 0.700. The van der Waals surface area contributed by atoms with Gasteiger partial charge in [0.1, 0.15) is 5.75 Å². The second-order valence-corrected chi connectivity index (χ2v) is 8.77. The van der Waals surface area contributed by atoms with Crippen molar-refractivity contribution in [1.29, 1.82) is 0 Å². The van der Waals surface area contributed by atoms with E-state index in [4.69, 9.17) is 11.6 Å². The topological polar surface area (TPSA) is 20.2 Å². The molecule has 22 heavy (non-hydrogen) atoms. The number of fused-ring (bicyclic) bond motifs is 1. The zero-order valence-corrected chi connectivity index (χ0v) is 15.5. The van der Waals surface area contributed by atoms with Crippen LogP contribution in [0.15, 0.2) is 6.07 Å². The molecule has 118 valence electrons. The predicted octanol–water partition coefficient (Wildman–Crippen LogP) is 5.79. The third-order valence-corrected chi connectivity index (χ3v) is 6.78. The molecule has 0 saturated heterocycles. The van der Waals surface area contributed by atoms with Crippen LogP contribution in [-0.4, -0.2) is 5.11 Å². The molecule has 1 aromatic heterocycles. The van der Waals surface area contributed by atoms with Crippen molar-refractivity contribution >= 4 is 22.9 Å². The number of hydrogen-bond donors (Lipinski definition) is 1. The molecule has 1 aliphatic carbocycles. The molecule has 3 rings (SSSR count). The molecule has 0 spiro atoms. The molecule has 1 atom stereocenters. The SMILES string of the molecule is Cc1cc(C2(C)CCc3c(C)c(O)c(C)c(Cl)c3C2)c(C)s1. The molecular weight excluding hydrogens is 312 g/mol. The van der Waals surface area contributed by atoms with Crippen LogP contribution in [0.4, 0.5) is 0 Å². The van der Waals surface area contributed by atoms with Crippen LogP contribution in [0.2, 0.25) is 5.02 Å². The minimum atomic E-state index is 0.140. The zero-order valence-electron chi connectivity index (χ0n) is 13.9. The molecule has 0 radical (unpaired) electrons. The van der Waals surface area contributed by atoms with Crippen LogP contribution in [0.25, 0.3) is 0 Å². The average Bonchev–Trinajstić information content (AvgIpc) is 2.82. The smallest absolute Gasteiger partial charge is 0.123 e. The molecule has 1 aromatic carbocycles. The Hall–Kier alpha value is -0.990. The molecule has 0 bridgehead atoms. The van der Waals surface area contributed by atoms with Gasteiger partial charge in [0.05, 0.1) is 5.02 Å². The van der Waals surface area contributed by atoms with Gasteiger partial charge in [-0.3, -0.25) is 0 Å². The Morgan fingerprint density at radius 2 is 1.82 bits per heavy atom. The minimum absolute atomic E-state index is 0.140. The fourth-order valence-electron chi connectivity index (χ4n) is 3.98. The lowest BCUT2D eigenvalue weighted by molar-refractivity contribution is 0.403. The first-order chi connectivity index (χ1) is 10.2. The molecule has 0 aliphatic heterocycles. The van der Waals surface area contributed by atoms with E-state index in [0.29, 0.717) is 5.75 Å². The van der Waals surface area contributed by atoms with Crippen LogP contribution < -0.4 is 0 Å². The largest absolute Gasteiger partial charge is 0.507 e. The highest BCUT2D eigenvalue weighted by atomic mass is 35.5. The summed E-state index contributed by atoms with van der Waals surface area (Å²) in [4.78, 5) is 2.80. The number of phenols is 1. The highest BCUT2D eigenvalue weighted by Gasteiger charge is 2.36. The van der Waals surface area contributed by atoms with Gasteiger partial charge >= 0.3 is 0 Å². The molecular formula is C19H23ClOS. The highest BCUT2D eigenvalue weighted by molar-refractivity contribution is 7.12. The van der Waals surface area contributed by atoms with E-state index in [9.17, 15) is 5.11 Å². The number of benzene rings is 1. The Kier molecular flexibility index (Phi) is 3.81. The van der Waals surface area contributed by atoms with E-state index in [1.54, 1.807) is 0 Å². The van der Waals surface area contributed by atoms with Gasteiger partial charge in [0, 0.05) is 15.3 Å². The van der Waals surface area contributed by atoms with E-state index in [1.807, 2.05) is 25.2 Å². The van der Waals surface area contributed by atoms with E-state index >= 15 is 0 Å². The van der Waals surface area contributed by atoms with Crippen molar-refractivity contribution in [3.8, 4) is 5.75 Å². The third kappa shape index (κ3) is 2.28. The summed E-state index contributed by atoms with van der Waals surface area (Å²) >= 11 is 8.47. The first kappa shape index (κ1) is 15.9. The lowest BCUT2D eigenvalue weighted by atomic mass is 9.68. The maximum atomic E-state index is 10.3. The Labute approximate surface area is 142 Å². The van der Waals surface area contributed by atoms with Crippen LogP contribution in [0.1, 0.15) is 50.9 Å². The second kappa shape index (κ2) is 5.28. The highest BCUT2D eigenvalue weighted by Crippen LogP contribution is 2.47. The Balaban J connectivity index is 2.13. The van der Waals surface area contributed by atoms with Gasteiger partial charge in [-0.25, -0.2) is 0 Å². The van der Waals surface area contributed by atoms with Crippen molar-refractivity contribution in [3.05, 3.63) is 48.7 Å². The van der Waals surface area contributed by atoms with Crippen LogP contribution in [0.5, 0.6) is 5.75 Å². The first-order valence-corrected chi connectivity index (χ1v) is 9.01. The summed E-state index contributed by atoms with van der Waals surface area (Å²) in [5.41, 5.74) is 5.95. The van der Waals surface area contributed by atoms with Gasteiger partial charge in [-0.15, -0.1) is 11.3 Å². The number of phenolic OH excluding ortho intramolecular Hbond substituents is 1. The summed E-state index contributed by atoms with van der Waals surface area (Å²) in [7, 11) is 0. The van der Waals surface area contributed by atoms with Gasteiger partial charge < -0.3 is 5.11 Å². The van der Waals surface area contributed by atoms with Crippen LogP contribution in [0, 0.1) is 27.7 Å². The minimum Gasteiger partial charge on any atom is -0.507 e. The van der Waals surface area contributed by atoms with Crippen LogP contribution >= 0.6 is 22.9 Å². The van der Waals surface area contributed by atoms with E-state index in [1.165, 1.54) is 26.4 Å². The fourth-order valence-corrected chi connectivity index (χ4v) is 5.32. The summed E-state index contributed by atoms with van der Waals surface area (Å²) < 4.78 is 0. The molecule has 1 aliphatic rings. The molecule has 3 heteroatoms. The van der Waals surface area contributed by atoms with Crippen molar-refractivity contribution in [2.75, 3.05) is 0 Å². The fraction of sp³-hybridized carbons (Fsp3) is 0.474. The molecule has 1 N–H and O–H groups in total. The molecule has 0 saturated carbocycles. The molecule has 1 unspecified atom stereocenters. The van der Waals surface area contributed by atoms with Crippen LogP contribution in [-0.2, 0) is 18.3 Å². The molecule has 0 amide bonds. The molecule has 2 aromatic rings. The Morgan fingerprint density at radius 3 is 2.41 bits per heavy atom. The lowest BCUT2D eigenvalue weighted by Crippen LogP contribution is -2.31. The predicted molar refractivity (Wildman–Crippen MR) is 95.8 cm³/mol. The van der Waals surface area contributed by atoms with E-state index in [-0.39, 0.29) is 5.41 Å². The van der Waals surface area contributed by atoms with E-state index in [2.05, 4.69) is 26.8 Å². The first-order valence-electron chi connectivity index (χ1n) is 7.81. The molecule has 0 fully saturated rings. The van der Waals surface area contributed by atoms with Crippen molar-refractivity contribution < 1.29 is 5.11 Å². The van der Waals surface area contributed by atoms with E-state index < -0.39 is 0 Å². The summed E-state index contributed by atoms with van der Waals surface area (Å²) in [6.07, 6.45) is 3.05. The van der Waals surface area contributed by atoms with Gasteiger partial charge in [-0.2, -0.15) is 0 Å². The number of hydrogen-bond acceptors (Lipinski definition) is 2. The number of aromatic hydroxyl groups is 1. The monoisotopic (exact) mass is 334 g/mol. The van der Waals surface area contributed by atoms with Gasteiger partial charge in [0.25, 0.3) is 0 Å². The lowest BCUT2D eigenvalue weighted by Gasteiger charge is -2.37. The Morgan fingerprint density at radius 1 is 1.14 bits per heavy atom. The van der Waals surface area contributed by atoms with Crippen molar-refractivity contribution in [2.45, 2.75) is 59.3 Å². The Bertz CT molecular complexity index is 760. The maximum Gasteiger partial charge on any atom is 0.123 e. The second-order valence-electron chi connectivity index (χ2n) is 6.93. The summed E-state index contributed by atoms with van der Waals surface area (Å²) in [5.74, 6) is 0.370. The number of halogens is 1. The standard InChI is InChI=1S/C19H23ClOS/c1-10-8-16(13(4)22-10)19(5)7-6-14-11(2)18(21)12(3)17(20)15(14)9-19/h8,21H,6-7,9H2,1-5H3. The van der Waals surface area contributed by atoms with Crippen LogP contribution in [0.3, 0.4) is 0 Å². The number of rotatable bonds is 1. The molecule has 1 nitrogen and oxygen atoms in total. The third-order valence-electron chi connectivity index (χ3n) is 5.31. The van der Waals surface area contributed by atoms with Gasteiger partial charge in [0.15, 0.2) is 0 Å². The normalized spacial score (nSPS) is 21.0. The average molecular weight is 335 g/mol. The van der Waals surface area contributed by atoms with Gasteiger partial charge in [-0.05, 0) is 80.7 Å². The van der Waals surface area contributed by atoms with Gasteiger partial charge in [0.2, 0.25) is 0 Å². The number of thiophene rings is 1. The number of aryl methyl sites for hydroxylation is 2. The molecule has 1 heterocycles. The van der Waals surface area contributed by atoms with Crippen molar-refractivity contribution in [3.63, 3.8) is 0 Å². The summed E-state index contributed by atoms with van der Waals surface area (Å²) in [6, 6.07) is 2.35. The van der Waals surface area contributed by atoms with E-state index in [0.717, 1.165) is 35.4 Å². The zero-order chi connectivity index (χ0) is 16.2. The summed E-state index contributed by atoms with van der Waals surface area (Å²) in [5, 5.41) is 11.0. The maximum absolute atomic E-state index is 10.3.